The molecule has 2 aromatic rings. The van der Waals surface area contributed by atoms with Crippen molar-refractivity contribution in [1.29, 1.82) is 0 Å². The van der Waals surface area contributed by atoms with Crippen LogP contribution < -0.4 is 5.32 Å². The average Bonchev–Trinajstić information content (AvgIpc) is 3.01. The van der Waals surface area contributed by atoms with E-state index >= 15 is 0 Å². The van der Waals surface area contributed by atoms with Gasteiger partial charge in [0.2, 0.25) is 5.91 Å². The Hall–Kier alpha value is -1.81. The fourth-order valence-electron chi connectivity index (χ4n) is 2.77. The molecule has 0 aromatic heterocycles. The number of hydrogen-bond donors (Lipinski definition) is 1. The third kappa shape index (κ3) is 4.14. The lowest BCUT2D eigenvalue weighted by atomic mass is 10.1. The fourth-order valence-corrected chi connectivity index (χ4v) is 3.62. The number of nitrogens with one attached hydrogen (secondary N) is 1. The largest absolute Gasteiger partial charge is 0.325 e. The molecule has 1 amide bonds. The average molecular weight is 329 g/mol. The monoisotopic (exact) mass is 329 g/mol. The van der Waals surface area contributed by atoms with Crippen LogP contribution in [0.3, 0.4) is 0 Å². The molecule has 0 radical (unpaired) electrons. The molecule has 23 heavy (non-hydrogen) atoms. The van der Waals surface area contributed by atoms with Gasteiger partial charge in [-0.2, -0.15) is 0 Å². The van der Waals surface area contributed by atoms with Gasteiger partial charge in [0.05, 0.1) is 5.25 Å². The van der Waals surface area contributed by atoms with Crippen LogP contribution in [-0.2, 0) is 23.4 Å². The van der Waals surface area contributed by atoms with Gasteiger partial charge in [-0.15, -0.1) is 11.8 Å². The number of rotatable bonds is 5. The van der Waals surface area contributed by atoms with Crippen LogP contribution >= 0.6 is 11.8 Å². The summed E-state index contributed by atoms with van der Waals surface area (Å²) in [5.74, 6) is 0.468. The molecule has 0 aliphatic heterocycles. The van der Waals surface area contributed by atoms with Crippen molar-refractivity contribution in [3.63, 3.8) is 0 Å². The van der Waals surface area contributed by atoms with Crippen LogP contribution in [0.25, 0.3) is 0 Å². The summed E-state index contributed by atoms with van der Waals surface area (Å²) in [4.78, 5) is 12.3. The number of amides is 1. The lowest BCUT2D eigenvalue weighted by Gasteiger charge is -2.13. The van der Waals surface area contributed by atoms with Crippen molar-refractivity contribution in [2.75, 3.05) is 5.32 Å². The summed E-state index contributed by atoms with van der Waals surface area (Å²) in [5, 5.41) is 2.84. The van der Waals surface area contributed by atoms with Crippen LogP contribution in [0, 0.1) is 5.82 Å². The molecule has 1 aliphatic rings. The highest BCUT2D eigenvalue weighted by Gasteiger charge is 2.16. The zero-order valence-corrected chi connectivity index (χ0v) is 14.0. The van der Waals surface area contributed by atoms with Crippen molar-refractivity contribution in [2.24, 2.45) is 0 Å². The third-order valence-corrected chi connectivity index (χ3v) is 5.36. The maximum atomic E-state index is 12.9. The first-order valence-corrected chi connectivity index (χ1v) is 8.95. The first-order chi connectivity index (χ1) is 11.1. The number of anilines is 1. The summed E-state index contributed by atoms with van der Waals surface area (Å²) < 4.78 is 12.9. The lowest BCUT2D eigenvalue weighted by Crippen LogP contribution is -2.22. The van der Waals surface area contributed by atoms with Crippen molar-refractivity contribution in [1.82, 2.24) is 0 Å². The van der Waals surface area contributed by atoms with E-state index in [4.69, 9.17) is 0 Å². The molecular weight excluding hydrogens is 309 g/mol. The third-order valence-electron chi connectivity index (χ3n) is 4.15. The summed E-state index contributed by atoms with van der Waals surface area (Å²) in [7, 11) is 0. The second-order valence-corrected chi connectivity index (χ2v) is 7.24. The summed E-state index contributed by atoms with van der Waals surface area (Å²) in [5.41, 5.74) is 4.66. The number of thioether (sulfide) groups is 1. The topological polar surface area (TPSA) is 29.1 Å². The van der Waals surface area contributed by atoms with Crippen LogP contribution in [0.4, 0.5) is 10.1 Å². The van der Waals surface area contributed by atoms with E-state index in [0.29, 0.717) is 5.75 Å². The van der Waals surface area contributed by atoms with Crippen molar-refractivity contribution < 1.29 is 9.18 Å². The molecule has 2 nitrogen and oxygen atoms in total. The fraction of sp³-hybridized carbons (Fsp3) is 0.316. The van der Waals surface area contributed by atoms with Gasteiger partial charge in [0, 0.05) is 11.4 Å². The molecule has 1 atom stereocenters. The van der Waals surface area contributed by atoms with Crippen LogP contribution in [0.5, 0.6) is 0 Å². The predicted molar refractivity (Wildman–Crippen MR) is 94.3 cm³/mol. The second kappa shape index (κ2) is 7.18. The Morgan fingerprint density at radius 1 is 1.17 bits per heavy atom. The number of aryl methyl sites for hydroxylation is 2. The highest BCUT2D eigenvalue weighted by Crippen LogP contribution is 2.26. The van der Waals surface area contributed by atoms with Crippen LogP contribution in [-0.4, -0.2) is 11.2 Å². The van der Waals surface area contributed by atoms with E-state index in [9.17, 15) is 9.18 Å². The van der Waals surface area contributed by atoms with E-state index in [1.165, 1.54) is 29.7 Å². The van der Waals surface area contributed by atoms with Gasteiger partial charge in [-0.3, -0.25) is 4.79 Å². The molecule has 0 fully saturated rings. The maximum absolute atomic E-state index is 12.9. The Balaban J connectivity index is 1.54. The molecule has 4 heteroatoms. The van der Waals surface area contributed by atoms with Gasteiger partial charge in [0.1, 0.15) is 5.82 Å². The number of halogens is 1. The number of benzene rings is 2. The minimum atomic E-state index is -0.235. The quantitative estimate of drug-likeness (QED) is 0.870. The maximum Gasteiger partial charge on any atom is 0.237 e. The van der Waals surface area contributed by atoms with Crippen LogP contribution in [0.15, 0.2) is 42.5 Å². The van der Waals surface area contributed by atoms with E-state index in [1.54, 1.807) is 23.9 Å². The Labute approximate surface area is 140 Å². The summed E-state index contributed by atoms with van der Waals surface area (Å²) in [6.45, 7) is 1.90. The van der Waals surface area contributed by atoms with E-state index in [1.807, 2.05) is 13.0 Å². The minimum Gasteiger partial charge on any atom is -0.325 e. The van der Waals surface area contributed by atoms with Crippen molar-refractivity contribution in [3.05, 3.63) is 65.0 Å². The van der Waals surface area contributed by atoms with Crippen LogP contribution in [0.2, 0.25) is 0 Å². The van der Waals surface area contributed by atoms with Gasteiger partial charge < -0.3 is 5.32 Å². The molecule has 0 heterocycles. The molecule has 120 valence electrons. The molecule has 0 bridgehead atoms. The van der Waals surface area contributed by atoms with Crippen molar-refractivity contribution in [2.45, 2.75) is 37.2 Å². The second-order valence-electron chi connectivity index (χ2n) is 5.91. The Kier molecular flexibility index (Phi) is 5.01. The Morgan fingerprint density at radius 3 is 2.70 bits per heavy atom. The first kappa shape index (κ1) is 16.1. The van der Waals surface area contributed by atoms with Gasteiger partial charge in [0.15, 0.2) is 0 Å². The van der Waals surface area contributed by atoms with E-state index in [0.717, 1.165) is 24.1 Å². The van der Waals surface area contributed by atoms with E-state index in [2.05, 4.69) is 17.4 Å². The van der Waals surface area contributed by atoms with Crippen molar-refractivity contribution in [3.8, 4) is 0 Å². The van der Waals surface area contributed by atoms with E-state index < -0.39 is 0 Å². The molecule has 3 rings (SSSR count). The first-order valence-electron chi connectivity index (χ1n) is 7.90. The predicted octanol–water partition coefficient (Wildman–Crippen LogP) is 4.57. The zero-order chi connectivity index (χ0) is 16.2. The Bertz CT molecular complexity index is 699. The summed E-state index contributed by atoms with van der Waals surface area (Å²) in [6.07, 6.45) is 3.46. The molecule has 0 spiro atoms. The molecule has 0 saturated carbocycles. The highest BCUT2D eigenvalue weighted by atomic mass is 32.2. The highest BCUT2D eigenvalue weighted by molar-refractivity contribution is 7.99. The number of fused-ring (bicyclic) bond motifs is 1. The molecule has 1 N–H and O–H groups in total. The normalized spacial score (nSPS) is 14.3. The SMILES string of the molecule is C[C@@H](SCc1ccc(F)cc1)C(=O)Nc1ccc2c(c1)CCC2. The molecule has 2 aromatic carbocycles. The van der Waals surface area contributed by atoms with Gasteiger partial charge in [-0.05, 0) is 67.1 Å². The van der Waals surface area contributed by atoms with Crippen LogP contribution in [0.1, 0.15) is 30.0 Å². The summed E-state index contributed by atoms with van der Waals surface area (Å²) >= 11 is 1.55. The number of carbonyl (C=O) groups is 1. The standard InChI is InChI=1S/C19H20FNOS/c1-13(23-12-14-5-8-17(20)9-6-14)19(22)21-18-10-7-15-3-2-4-16(15)11-18/h5-11,13H,2-4,12H2,1H3,(H,21,22)/t13-/m1/s1. The summed E-state index contributed by atoms with van der Waals surface area (Å²) in [6, 6.07) is 12.6. The zero-order valence-electron chi connectivity index (χ0n) is 13.1. The smallest absolute Gasteiger partial charge is 0.237 e. The molecule has 1 aliphatic carbocycles. The van der Waals surface area contributed by atoms with Gasteiger partial charge in [0.25, 0.3) is 0 Å². The van der Waals surface area contributed by atoms with Gasteiger partial charge in [-0.25, -0.2) is 4.39 Å². The number of carbonyl (C=O) groups excluding carboxylic acids is 1. The van der Waals surface area contributed by atoms with E-state index in [-0.39, 0.29) is 17.0 Å². The Morgan fingerprint density at radius 2 is 1.91 bits per heavy atom. The molecular formula is C19H20FNOS. The molecule has 0 unspecified atom stereocenters. The van der Waals surface area contributed by atoms with Gasteiger partial charge >= 0.3 is 0 Å². The molecule has 0 saturated heterocycles. The van der Waals surface area contributed by atoms with Gasteiger partial charge in [-0.1, -0.05) is 18.2 Å². The number of hydrogen-bond acceptors (Lipinski definition) is 2. The minimum absolute atomic E-state index is 0.00931. The lowest BCUT2D eigenvalue weighted by molar-refractivity contribution is -0.115. The van der Waals surface area contributed by atoms with Crippen molar-refractivity contribution >= 4 is 23.4 Å².